The Morgan fingerprint density at radius 2 is 1.64 bits per heavy atom. The number of ether oxygens (including phenoxy) is 3. The van der Waals surface area contributed by atoms with Crippen LogP contribution in [0.1, 0.15) is 29.3 Å². The molecule has 0 aromatic heterocycles. The number of benzene rings is 4. The number of likely N-dealkylation sites (N-methyl/N-ethyl adjacent to an activating group) is 1. The van der Waals surface area contributed by atoms with E-state index in [2.05, 4.69) is 16.0 Å². The van der Waals surface area contributed by atoms with Gasteiger partial charge in [0.25, 0.3) is 5.91 Å². The van der Waals surface area contributed by atoms with E-state index in [1.807, 2.05) is 30.3 Å². The second-order valence-electron chi connectivity index (χ2n) is 11.8. The fourth-order valence-electron chi connectivity index (χ4n) is 5.29. The van der Waals surface area contributed by atoms with Gasteiger partial charge in [-0.3, -0.25) is 19.2 Å². The summed E-state index contributed by atoms with van der Waals surface area (Å²) in [7, 11) is 1.61. The van der Waals surface area contributed by atoms with Gasteiger partial charge in [-0.2, -0.15) is 0 Å². The summed E-state index contributed by atoms with van der Waals surface area (Å²) >= 11 is 0. The topological polar surface area (TPSA) is 135 Å². The molecule has 3 N–H and O–H groups in total. The summed E-state index contributed by atoms with van der Waals surface area (Å²) in [6, 6.07) is 25.8. The van der Waals surface area contributed by atoms with Gasteiger partial charge in [0.15, 0.2) is 11.6 Å². The summed E-state index contributed by atoms with van der Waals surface area (Å²) in [5.41, 5.74) is 0.991. The van der Waals surface area contributed by atoms with Crippen molar-refractivity contribution in [3.8, 4) is 23.0 Å². The van der Waals surface area contributed by atoms with E-state index in [1.165, 1.54) is 17.0 Å². The summed E-state index contributed by atoms with van der Waals surface area (Å²) in [5, 5.41) is 8.21. The highest BCUT2D eigenvalue weighted by molar-refractivity contribution is 6.01. The number of rotatable bonds is 9. The molecule has 1 heterocycles. The largest absolute Gasteiger partial charge is 0.491 e. The smallest absolute Gasteiger partial charge is 0.255 e. The zero-order valence-corrected chi connectivity index (χ0v) is 27.8. The molecule has 1 aliphatic rings. The third kappa shape index (κ3) is 9.59. The van der Waals surface area contributed by atoms with Gasteiger partial charge < -0.3 is 35.1 Å². The van der Waals surface area contributed by atoms with Crippen LogP contribution in [0, 0.1) is 5.82 Å². The molecule has 0 bridgehead atoms. The fraction of sp³-hybridized carbons (Fsp3) is 0.263. The van der Waals surface area contributed by atoms with Crippen molar-refractivity contribution in [2.24, 2.45) is 0 Å². The van der Waals surface area contributed by atoms with E-state index in [0.29, 0.717) is 5.75 Å². The molecule has 3 atom stereocenters. The maximum atomic E-state index is 14.7. The number of carbonyl (C=O) groups is 4. The van der Waals surface area contributed by atoms with E-state index in [0.717, 1.165) is 5.56 Å². The summed E-state index contributed by atoms with van der Waals surface area (Å²) in [4.78, 5) is 55.6. The lowest BCUT2D eigenvalue weighted by Crippen LogP contribution is -2.54. The van der Waals surface area contributed by atoms with Crippen LogP contribution in [0.5, 0.6) is 23.0 Å². The molecule has 0 fully saturated rings. The first-order valence-electron chi connectivity index (χ1n) is 16.2. The molecule has 0 unspecified atom stereocenters. The number of hydrogen-bond donors (Lipinski definition) is 3. The molecule has 11 nitrogen and oxygen atoms in total. The van der Waals surface area contributed by atoms with Crippen LogP contribution in [0.3, 0.4) is 0 Å². The van der Waals surface area contributed by atoms with E-state index in [1.54, 1.807) is 74.6 Å². The van der Waals surface area contributed by atoms with Crippen LogP contribution >= 0.6 is 0 Å². The van der Waals surface area contributed by atoms with Crippen LogP contribution in [0.2, 0.25) is 0 Å². The monoisotopic (exact) mass is 682 g/mol. The van der Waals surface area contributed by atoms with E-state index in [9.17, 15) is 23.6 Å². The minimum Gasteiger partial charge on any atom is -0.491 e. The van der Waals surface area contributed by atoms with Crippen LogP contribution in [-0.2, 0) is 20.8 Å². The molecule has 0 spiro atoms. The van der Waals surface area contributed by atoms with Gasteiger partial charge in [0.05, 0.1) is 24.6 Å². The number of nitrogens with one attached hydrogen (secondary N) is 3. The van der Waals surface area contributed by atoms with Crippen molar-refractivity contribution in [1.29, 1.82) is 0 Å². The van der Waals surface area contributed by atoms with Gasteiger partial charge in [-0.1, -0.05) is 66.7 Å². The molecule has 4 aromatic rings. The maximum Gasteiger partial charge on any atom is 0.255 e. The average Bonchev–Trinajstić information content (AvgIpc) is 3.11. The first-order valence-corrected chi connectivity index (χ1v) is 16.2. The summed E-state index contributed by atoms with van der Waals surface area (Å²) < 4.78 is 32.2. The lowest BCUT2D eigenvalue weighted by Gasteiger charge is -2.27. The number of halogens is 1. The van der Waals surface area contributed by atoms with Crippen molar-refractivity contribution in [2.75, 3.05) is 26.8 Å². The third-order valence-electron chi connectivity index (χ3n) is 7.89. The zero-order chi connectivity index (χ0) is 35.5. The van der Waals surface area contributed by atoms with Crippen molar-refractivity contribution in [1.82, 2.24) is 20.9 Å². The predicted octanol–water partition coefficient (Wildman–Crippen LogP) is 4.27. The summed E-state index contributed by atoms with van der Waals surface area (Å²) in [6.45, 7) is 1.86. The highest BCUT2D eigenvalue weighted by atomic mass is 19.1. The molecule has 5 rings (SSSR count). The van der Waals surface area contributed by atoms with Gasteiger partial charge in [-0.05, 0) is 48.9 Å². The maximum absolute atomic E-state index is 14.7. The Kier molecular flexibility index (Phi) is 12.0. The SMILES string of the molecule is C[C@H](COc1cccc(F)c1Oc1ccccc1)NC(=O)[C@@H]1CC(=O)N[C@H](Cc2ccccc2)C(=O)N(C)CCOc2ccccc2C(=O)N1. The van der Waals surface area contributed by atoms with Gasteiger partial charge in [0.2, 0.25) is 23.5 Å². The lowest BCUT2D eigenvalue weighted by atomic mass is 10.0. The standard InChI is InChI=1S/C38H39FN4O7/c1-25(24-49-33-19-11-17-29(39)35(33)50-27-14-7-4-8-15-27)40-37(46)30-23-34(44)41-31(22-26-12-5-3-6-13-26)38(47)43(2)20-21-48-32-18-10-9-16-28(32)36(45)42-30/h3-19,25,30-31H,20-24H2,1-2H3,(H,40,46)(H,41,44)(H,42,45)/t25-,30+,31-/m1/s1. The first kappa shape index (κ1) is 35.4. The van der Waals surface area contributed by atoms with Crippen molar-refractivity contribution >= 4 is 23.6 Å². The second-order valence-corrected chi connectivity index (χ2v) is 11.8. The number of amides is 4. The number of fused-ring (bicyclic) bond motifs is 1. The van der Waals surface area contributed by atoms with Crippen LogP contribution in [0.25, 0.3) is 0 Å². The molecule has 12 heteroatoms. The Balaban J connectivity index is 1.32. The van der Waals surface area contributed by atoms with Gasteiger partial charge in [0.1, 0.15) is 36.8 Å². The fourth-order valence-corrected chi connectivity index (χ4v) is 5.29. The average molecular weight is 683 g/mol. The third-order valence-corrected chi connectivity index (χ3v) is 7.89. The number of carbonyl (C=O) groups excluding carboxylic acids is 4. The van der Waals surface area contributed by atoms with Gasteiger partial charge in [0, 0.05) is 13.5 Å². The lowest BCUT2D eigenvalue weighted by molar-refractivity contribution is -0.136. The molecular formula is C38H39FN4O7. The molecular weight excluding hydrogens is 643 g/mol. The molecule has 260 valence electrons. The van der Waals surface area contributed by atoms with E-state index < -0.39 is 48.1 Å². The molecule has 0 radical (unpaired) electrons. The van der Waals surface area contributed by atoms with E-state index in [4.69, 9.17) is 14.2 Å². The summed E-state index contributed by atoms with van der Waals surface area (Å²) in [6.07, 6.45) is -0.248. The number of para-hydroxylation sites is 3. The van der Waals surface area contributed by atoms with Crippen LogP contribution in [0.15, 0.2) is 103 Å². The van der Waals surface area contributed by atoms with Crippen molar-refractivity contribution in [2.45, 2.75) is 37.9 Å². The highest BCUT2D eigenvalue weighted by Gasteiger charge is 2.30. The molecule has 0 saturated carbocycles. The quantitative estimate of drug-likeness (QED) is 0.240. The van der Waals surface area contributed by atoms with Gasteiger partial charge >= 0.3 is 0 Å². The Bertz CT molecular complexity index is 1790. The molecule has 4 aromatic carbocycles. The van der Waals surface area contributed by atoms with Gasteiger partial charge in [-0.25, -0.2) is 4.39 Å². The Labute approximate surface area is 289 Å². The van der Waals surface area contributed by atoms with Crippen molar-refractivity contribution in [3.05, 3.63) is 120 Å². The van der Waals surface area contributed by atoms with E-state index >= 15 is 0 Å². The minimum absolute atomic E-state index is 0.0867. The Hall–Kier alpha value is -5.91. The Morgan fingerprint density at radius 3 is 2.40 bits per heavy atom. The van der Waals surface area contributed by atoms with Crippen molar-refractivity contribution < 1.29 is 37.8 Å². The van der Waals surface area contributed by atoms with Crippen LogP contribution in [-0.4, -0.2) is 73.5 Å². The minimum atomic E-state index is -1.34. The molecule has 50 heavy (non-hydrogen) atoms. The van der Waals surface area contributed by atoms with Crippen molar-refractivity contribution in [3.63, 3.8) is 0 Å². The number of hydrogen-bond acceptors (Lipinski definition) is 7. The second kappa shape index (κ2) is 17.0. The Morgan fingerprint density at radius 1 is 0.940 bits per heavy atom. The van der Waals surface area contributed by atoms with Crippen LogP contribution in [0.4, 0.5) is 4.39 Å². The van der Waals surface area contributed by atoms with Crippen LogP contribution < -0.4 is 30.2 Å². The predicted molar refractivity (Wildman–Crippen MR) is 184 cm³/mol. The normalized spacial score (nSPS) is 17.6. The van der Waals surface area contributed by atoms with E-state index in [-0.39, 0.29) is 54.9 Å². The number of nitrogens with zero attached hydrogens (tertiary/aromatic N) is 1. The molecule has 0 saturated heterocycles. The summed E-state index contributed by atoms with van der Waals surface area (Å²) in [5.74, 6) is -2.18. The zero-order valence-electron chi connectivity index (χ0n) is 27.8. The first-order chi connectivity index (χ1) is 24.2. The highest BCUT2D eigenvalue weighted by Crippen LogP contribution is 2.34. The molecule has 4 amide bonds. The van der Waals surface area contributed by atoms with Gasteiger partial charge in [-0.15, -0.1) is 0 Å². The molecule has 1 aliphatic heterocycles. The molecule has 0 aliphatic carbocycles.